The Kier molecular flexibility index (Phi) is 3.29. The maximum absolute atomic E-state index is 9.77. The molecule has 1 unspecified atom stereocenters. The Morgan fingerprint density at radius 3 is 2.43 bits per heavy atom. The van der Waals surface area contributed by atoms with E-state index in [9.17, 15) is 4.79 Å². The highest BCUT2D eigenvalue weighted by Gasteiger charge is 2.09. The summed E-state index contributed by atoms with van der Waals surface area (Å²) in [5.74, 6) is -0.607. The molecule has 0 saturated heterocycles. The maximum atomic E-state index is 9.77. The highest BCUT2D eigenvalue weighted by atomic mass is 33.1. The Hall–Kier alpha value is 0.170. The number of hydrogen-bond donors (Lipinski definition) is 2. The Bertz CT molecular complexity index is 71.3. The first-order chi connectivity index (χ1) is 3.13. The third kappa shape index (κ3) is 6.17. The van der Waals surface area contributed by atoms with Gasteiger partial charge in [-0.15, -0.1) is 0 Å². The average molecular weight is 139 g/mol. The van der Waals surface area contributed by atoms with Crippen LogP contribution in [-0.2, 0) is 14.7 Å². The van der Waals surface area contributed by atoms with E-state index in [-0.39, 0.29) is 15.7 Å². The van der Waals surface area contributed by atoms with Gasteiger partial charge in [0.05, 0.1) is 21.6 Å². The Morgan fingerprint density at radius 2 is 2.43 bits per heavy atom. The average Bonchev–Trinajstić information content (AvgIpc) is 1.27. The van der Waals surface area contributed by atoms with Crippen molar-refractivity contribution in [3.05, 3.63) is 0 Å². The van der Waals surface area contributed by atoms with E-state index in [1.54, 1.807) is 6.26 Å². The van der Waals surface area contributed by atoms with Gasteiger partial charge >= 0.3 is 5.97 Å². The van der Waals surface area contributed by atoms with Crippen molar-refractivity contribution in [1.82, 2.24) is 0 Å². The molecule has 0 saturated carbocycles. The molecule has 0 bridgehead atoms. The molecule has 7 heavy (non-hydrogen) atoms. The van der Waals surface area contributed by atoms with Crippen LogP contribution in [0.4, 0.5) is 0 Å². The van der Waals surface area contributed by atoms with Crippen molar-refractivity contribution >= 4 is 27.6 Å². The van der Waals surface area contributed by atoms with Gasteiger partial charge in [0.15, 0.2) is 0 Å². The van der Waals surface area contributed by atoms with E-state index in [2.05, 4.69) is 11.7 Å². The van der Waals surface area contributed by atoms with E-state index in [0.717, 1.165) is 0 Å². The zero-order chi connectivity index (χ0) is 5.86. The van der Waals surface area contributed by atoms with Crippen LogP contribution >= 0.6 is 11.7 Å². The van der Waals surface area contributed by atoms with Crippen molar-refractivity contribution in [2.75, 3.05) is 12.0 Å². The van der Waals surface area contributed by atoms with Gasteiger partial charge < -0.3 is 5.11 Å². The summed E-state index contributed by atoms with van der Waals surface area (Å²) in [6.07, 6.45) is 1.78. The van der Waals surface area contributed by atoms with Crippen molar-refractivity contribution in [3.8, 4) is 0 Å². The van der Waals surface area contributed by atoms with Gasteiger partial charge in [-0.25, -0.2) is 4.79 Å². The zero-order valence-electron chi connectivity index (χ0n) is 3.92. The molecule has 0 aliphatic heterocycles. The fraction of sp³-hybridized carbons (Fsp3) is 0.667. The second-order valence-corrected chi connectivity index (χ2v) is 4.50. The molecule has 0 spiro atoms. The van der Waals surface area contributed by atoms with Crippen LogP contribution in [0.3, 0.4) is 0 Å². The Morgan fingerprint density at radius 1 is 2.00 bits per heavy atom. The largest absolute Gasteiger partial charge is 0.478 e. The number of aliphatic carboxylic acids is 1. The first kappa shape index (κ1) is 7.17. The molecule has 42 valence electrons. The fourth-order valence-corrected chi connectivity index (χ4v) is 0.867. The lowest BCUT2D eigenvalue weighted by molar-refractivity contribution is -0.133. The summed E-state index contributed by atoms with van der Waals surface area (Å²) in [6, 6.07) is 0. The topological polar surface area (TPSA) is 37.3 Å². The molecule has 0 aliphatic rings. The van der Waals surface area contributed by atoms with Gasteiger partial charge in [-0.3, -0.25) is 0 Å². The van der Waals surface area contributed by atoms with Gasteiger partial charge in [0.25, 0.3) is 0 Å². The number of carboxylic acids is 1. The number of hydrogen-bond acceptors (Lipinski definition) is 2. The van der Waals surface area contributed by atoms with Crippen LogP contribution in [0.25, 0.3) is 0 Å². The molecule has 0 aromatic heterocycles. The SMILES string of the molecule is C[S+](S)CC(=O)O. The smallest absolute Gasteiger partial charge is 0.354 e. The summed E-state index contributed by atoms with van der Waals surface area (Å²) < 4.78 is 0. The lowest BCUT2D eigenvalue weighted by atomic mass is 10.8. The lowest BCUT2D eigenvalue weighted by Crippen LogP contribution is -2.08. The molecule has 0 heterocycles. The molecule has 0 radical (unpaired) electrons. The van der Waals surface area contributed by atoms with Crippen molar-refractivity contribution in [1.29, 1.82) is 0 Å². The molecule has 0 amide bonds. The highest BCUT2D eigenvalue weighted by molar-refractivity contribution is 8.65. The third-order valence-electron chi connectivity index (χ3n) is 0.332. The minimum atomic E-state index is -0.777. The van der Waals surface area contributed by atoms with E-state index in [0.29, 0.717) is 0 Å². The Labute approximate surface area is 50.1 Å². The van der Waals surface area contributed by atoms with Crippen molar-refractivity contribution in [2.24, 2.45) is 0 Å². The zero-order valence-corrected chi connectivity index (χ0v) is 5.63. The monoisotopic (exact) mass is 139 g/mol. The summed E-state index contributed by atoms with van der Waals surface area (Å²) in [5.41, 5.74) is 0. The quantitative estimate of drug-likeness (QED) is 0.325. The summed E-state index contributed by atoms with van der Waals surface area (Å²) in [5, 5.41) is 8.04. The molecule has 0 aromatic rings. The minimum absolute atomic E-state index is 0.170. The molecule has 4 heteroatoms. The molecular weight excluding hydrogens is 132 g/mol. The van der Waals surface area contributed by atoms with Crippen molar-refractivity contribution < 1.29 is 9.90 Å². The van der Waals surface area contributed by atoms with Crippen LogP contribution in [0.15, 0.2) is 0 Å². The standard InChI is InChI=1S/C3H6O2S2/c1-7(6)2-3(4)5/h6H,2H2,1H3/p+1. The summed E-state index contributed by atoms with van der Waals surface area (Å²) in [6.45, 7) is 0. The predicted octanol–water partition coefficient (Wildman–Crippen LogP) is 0.164. The van der Waals surface area contributed by atoms with E-state index in [1.807, 2.05) is 0 Å². The van der Waals surface area contributed by atoms with Crippen LogP contribution in [0.1, 0.15) is 0 Å². The number of thiol groups is 1. The van der Waals surface area contributed by atoms with E-state index in [1.165, 1.54) is 0 Å². The number of carbonyl (C=O) groups is 1. The second-order valence-electron chi connectivity index (χ2n) is 1.14. The van der Waals surface area contributed by atoms with Crippen molar-refractivity contribution in [2.45, 2.75) is 0 Å². The highest BCUT2D eigenvalue weighted by Crippen LogP contribution is 1.93. The van der Waals surface area contributed by atoms with Crippen molar-refractivity contribution in [3.63, 3.8) is 0 Å². The Balaban J connectivity index is 3.13. The molecule has 2 nitrogen and oxygen atoms in total. The first-order valence-electron chi connectivity index (χ1n) is 1.66. The van der Waals surface area contributed by atoms with Gasteiger partial charge in [-0.1, -0.05) is 0 Å². The fourth-order valence-electron chi connectivity index (χ4n) is 0.179. The van der Waals surface area contributed by atoms with Crippen LogP contribution in [0, 0.1) is 0 Å². The van der Waals surface area contributed by atoms with E-state index in [4.69, 9.17) is 5.11 Å². The van der Waals surface area contributed by atoms with Gasteiger partial charge in [0.2, 0.25) is 5.75 Å². The summed E-state index contributed by atoms with van der Waals surface area (Å²) in [7, 11) is -0.251. The minimum Gasteiger partial charge on any atom is -0.478 e. The molecule has 1 atom stereocenters. The van der Waals surface area contributed by atoms with Crippen LogP contribution in [0.2, 0.25) is 0 Å². The second kappa shape index (κ2) is 3.21. The predicted molar refractivity (Wildman–Crippen MR) is 34.8 cm³/mol. The molecule has 0 rings (SSSR count). The van der Waals surface area contributed by atoms with E-state index < -0.39 is 5.97 Å². The summed E-state index contributed by atoms with van der Waals surface area (Å²) in [4.78, 5) is 9.77. The van der Waals surface area contributed by atoms with Crippen LogP contribution in [-0.4, -0.2) is 23.1 Å². The van der Waals surface area contributed by atoms with Crippen LogP contribution < -0.4 is 0 Å². The van der Waals surface area contributed by atoms with Gasteiger partial charge in [-0.05, 0) is 0 Å². The molecular formula is C3H7O2S2+. The first-order valence-corrected chi connectivity index (χ1v) is 4.52. The van der Waals surface area contributed by atoms with Crippen LogP contribution in [0.5, 0.6) is 0 Å². The normalized spacial score (nSPS) is 13.4. The van der Waals surface area contributed by atoms with Gasteiger partial charge in [-0.2, -0.15) is 0 Å². The number of carboxylic acid groups (broad SMARTS) is 1. The molecule has 0 aromatic carbocycles. The number of rotatable bonds is 2. The van der Waals surface area contributed by atoms with E-state index >= 15 is 0 Å². The van der Waals surface area contributed by atoms with Gasteiger partial charge in [0, 0.05) is 0 Å². The summed E-state index contributed by atoms with van der Waals surface area (Å²) >= 11 is 3.88. The molecule has 0 fully saturated rings. The third-order valence-corrected chi connectivity index (χ3v) is 1.38. The lowest BCUT2D eigenvalue weighted by Gasteiger charge is -1.83. The molecule has 0 aliphatic carbocycles. The molecule has 1 N–H and O–H groups in total. The maximum Gasteiger partial charge on any atom is 0.354 e. The van der Waals surface area contributed by atoms with Gasteiger partial charge in [0.1, 0.15) is 6.26 Å².